The van der Waals surface area contributed by atoms with Gasteiger partial charge in [0.05, 0.1) is 11.0 Å². The summed E-state index contributed by atoms with van der Waals surface area (Å²) < 4.78 is 0. The highest BCUT2D eigenvalue weighted by molar-refractivity contribution is 7.09. The Kier molecular flexibility index (Phi) is 3.03. The molecule has 2 aromatic rings. The fourth-order valence-electron chi connectivity index (χ4n) is 1.23. The van der Waals surface area contributed by atoms with Crippen LogP contribution in [0.5, 0.6) is 0 Å². The molecule has 2 heterocycles. The van der Waals surface area contributed by atoms with E-state index in [9.17, 15) is 0 Å². The van der Waals surface area contributed by atoms with Crippen LogP contribution in [0.4, 0.5) is 0 Å². The van der Waals surface area contributed by atoms with Gasteiger partial charge in [0, 0.05) is 30.4 Å². The minimum atomic E-state index is -0.170. The van der Waals surface area contributed by atoms with Gasteiger partial charge in [-0.15, -0.1) is 11.3 Å². The van der Waals surface area contributed by atoms with Crippen molar-refractivity contribution in [3.05, 3.63) is 40.4 Å². The van der Waals surface area contributed by atoms with E-state index in [2.05, 4.69) is 15.0 Å². The topological polar surface area (TPSA) is 64.7 Å². The number of aromatic nitrogens is 3. The minimum Gasteiger partial charge on any atom is -0.321 e. The first kappa shape index (κ1) is 10.2. The lowest BCUT2D eigenvalue weighted by Gasteiger charge is -2.07. The van der Waals surface area contributed by atoms with Crippen LogP contribution in [0.25, 0.3) is 0 Å². The van der Waals surface area contributed by atoms with Gasteiger partial charge in [0.15, 0.2) is 0 Å². The Morgan fingerprint density at radius 1 is 1.33 bits per heavy atom. The summed E-state index contributed by atoms with van der Waals surface area (Å²) in [7, 11) is 0. The normalized spacial score (nSPS) is 12.7. The van der Waals surface area contributed by atoms with Gasteiger partial charge in [-0.25, -0.2) is 15.0 Å². The summed E-state index contributed by atoms with van der Waals surface area (Å²) >= 11 is 1.60. The third kappa shape index (κ3) is 2.57. The molecule has 78 valence electrons. The molecule has 0 aliphatic rings. The summed E-state index contributed by atoms with van der Waals surface area (Å²) in [5.74, 6) is 0.677. The van der Waals surface area contributed by atoms with Gasteiger partial charge in [-0.2, -0.15) is 0 Å². The highest BCUT2D eigenvalue weighted by atomic mass is 32.1. The van der Waals surface area contributed by atoms with Crippen molar-refractivity contribution < 1.29 is 0 Å². The van der Waals surface area contributed by atoms with E-state index in [1.54, 1.807) is 29.9 Å². The summed E-state index contributed by atoms with van der Waals surface area (Å²) in [6.07, 6.45) is 6.04. The second-order valence-corrected chi connectivity index (χ2v) is 4.33. The molecule has 0 saturated carbocycles. The van der Waals surface area contributed by atoms with Crippen LogP contribution in [-0.4, -0.2) is 15.0 Å². The summed E-state index contributed by atoms with van der Waals surface area (Å²) in [6, 6.07) is -0.170. The Balaban J connectivity index is 2.08. The number of nitrogens with two attached hydrogens (primary N) is 1. The zero-order valence-electron chi connectivity index (χ0n) is 8.42. The number of hydrogen-bond acceptors (Lipinski definition) is 5. The standard InChI is InChI=1S/C10H12N4S/c1-7-5-13-10(14-6-7)8(11)4-9-12-2-3-15-9/h2-3,5-6,8H,4,11H2,1H3. The van der Waals surface area contributed by atoms with Crippen LogP contribution >= 0.6 is 11.3 Å². The van der Waals surface area contributed by atoms with Crippen molar-refractivity contribution >= 4 is 11.3 Å². The fraction of sp³-hybridized carbons (Fsp3) is 0.300. The molecule has 0 aliphatic heterocycles. The van der Waals surface area contributed by atoms with E-state index in [1.165, 1.54) is 0 Å². The molecule has 2 aromatic heterocycles. The smallest absolute Gasteiger partial charge is 0.145 e. The first-order chi connectivity index (χ1) is 7.25. The first-order valence-electron chi connectivity index (χ1n) is 4.68. The molecule has 15 heavy (non-hydrogen) atoms. The lowest BCUT2D eigenvalue weighted by molar-refractivity contribution is 0.663. The molecule has 5 heteroatoms. The van der Waals surface area contributed by atoms with Crippen LogP contribution < -0.4 is 5.73 Å². The zero-order valence-corrected chi connectivity index (χ0v) is 9.24. The van der Waals surface area contributed by atoms with E-state index >= 15 is 0 Å². The van der Waals surface area contributed by atoms with Crippen molar-refractivity contribution in [3.63, 3.8) is 0 Å². The second-order valence-electron chi connectivity index (χ2n) is 3.36. The van der Waals surface area contributed by atoms with Crippen LogP contribution in [-0.2, 0) is 6.42 Å². The predicted octanol–water partition coefficient (Wildman–Crippen LogP) is 1.48. The number of rotatable bonds is 3. The maximum atomic E-state index is 5.98. The van der Waals surface area contributed by atoms with Crippen molar-refractivity contribution in [2.75, 3.05) is 0 Å². The highest BCUT2D eigenvalue weighted by Crippen LogP contribution is 2.14. The number of nitrogens with zero attached hydrogens (tertiary/aromatic N) is 3. The summed E-state index contributed by atoms with van der Waals surface area (Å²) in [4.78, 5) is 12.6. The van der Waals surface area contributed by atoms with Crippen LogP contribution in [0.2, 0.25) is 0 Å². The van der Waals surface area contributed by atoms with E-state index in [4.69, 9.17) is 5.73 Å². The molecular weight excluding hydrogens is 208 g/mol. The van der Waals surface area contributed by atoms with Crippen molar-refractivity contribution in [1.29, 1.82) is 0 Å². The number of thiazole rings is 1. The Labute approximate surface area is 92.2 Å². The third-order valence-electron chi connectivity index (χ3n) is 2.01. The Morgan fingerprint density at radius 2 is 2.07 bits per heavy atom. The molecule has 0 aliphatic carbocycles. The molecule has 0 saturated heterocycles. The Hall–Kier alpha value is -1.33. The van der Waals surface area contributed by atoms with Gasteiger partial charge < -0.3 is 5.73 Å². The lowest BCUT2D eigenvalue weighted by atomic mass is 10.2. The Morgan fingerprint density at radius 3 is 2.67 bits per heavy atom. The maximum Gasteiger partial charge on any atom is 0.145 e. The van der Waals surface area contributed by atoms with Crippen LogP contribution in [0.3, 0.4) is 0 Å². The van der Waals surface area contributed by atoms with Gasteiger partial charge in [-0.3, -0.25) is 0 Å². The molecule has 0 aromatic carbocycles. The van der Waals surface area contributed by atoms with Crippen molar-refractivity contribution in [3.8, 4) is 0 Å². The first-order valence-corrected chi connectivity index (χ1v) is 5.56. The summed E-state index contributed by atoms with van der Waals surface area (Å²) in [5, 5.41) is 2.96. The number of hydrogen-bond donors (Lipinski definition) is 1. The average Bonchev–Trinajstić information content (AvgIpc) is 2.71. The van der Waals surface area contributed by atoms with E-state index in [1.807, 2.05) is 12.3 Å². The fourth-order valence-corrected chi connectivity index (χ4v) is 1.90. The van der Waals surface area contributed by atoms with Crippen molar-refractivity contribution in [1.82, 2.24) is 15.0 Å². The highest BCUT2D eigenvalue weighted by Gasteiger charge is 2.10. The van der Waals surface area contributed by atoms with Crippen LogP contribution in [0, 0.1) is 6.92 Å². The number of aryl methyl sites for hydroxylation is 1. The molecule has 0 radical (unpaired) electrons. The molecule has 1 unspecified atom stereocenters. The zero-order chi connectivity index (χ0) is 10.7. The minimum absolute atomic E-state index is 0.170. The lowest BCUT2D eigenvalue weighted by Crippen LogP contribution is -2.16. The maximum absolute atomic E-state index is 5.98. The van der Waals surface area contributed by atoms with Gasteiger partial charge in [0.1, 0.15) is 5.82 Å². The van der Waals surface area contributed by atoms with Crippen molar-refractivity contribution in [2.24, 2.45) is 5.73 Å². The molecule has 4 nitrogen and oxygen atoms in total. The molecule has 2 rings (SSSR count). The van der Waals surface area contributed by atoms with Gasteiger partial charge >= 0.3 is 0 Å². The van der Waals surface area contributed by atoms with Crippen LogP contribution in [0.15, 0.2) is 24.0 Å². The largest absolute Gasteiger partial charge is 0.321 e. The molecular formula is C10H12N4S. The van der Waals surface area contributed by atoms with Crippen LogP contribution in [0.1, 0.15) is 22.4 Å². The van der Waals surface area contributed by atoms with Gasteiger partial charge in [0.2, 0.25) is 0 Å². The van der Waals surface area contributed by atoms with Gasteiger partial charge in [0.25, 0.3) is 0 Å². The van der Waals surface area contributed by atoms with Gasteiger partial charge in [-0.05, 0) is 12.5 Å². The Bertz CT molecular complexity index is 409. The second kappa shape index (κ2) is 4.46. The average molecular weight is 220 g/mol. The molecule has 1 atom stereocenters. The summed E-state index contributed by atoms with van der Waals surface area (Å²) in [5.41, 5.74) is 7.02. The van der Waals surface area contributed by atoms with E-state index in [-0.39, 0.29) is 6.04 Å². The van der Waals surface area contributed by atoms with E-state index in [0.717, 1.165) is 10.6 Å². The molecule has 2 N–H and O–H groups in total. The van der Waals surface area contributed by atoms with E-state index in [0.29, 0.717) is 12.2 Å². The molecule has 0 bridgehead atoms. The molecule has 0 spiro atoms. The molecule has 0 amide bonds. The quantitative estimate of drug-likeness (QED) is 0.851. The predicted molar refractivity (Wildman–Crippen MR) is 59.5 cm³/mol. The molecule has 0 fully saturated rings. The van der Waals surface area contributed by atoms with Crippen molar-refractivity contribution in [2.45, 2.75) is 19.4 Å². The SMILES string of the molecule is Cc1cnc(C(N)Cc2nccs2)nc1. The monoisotopic (exact) mass is 220 g/mol. The third-order valence-corrected chi connectivity index (χ3v) is 2.81. The van der Waals surface area contributed by atoms with Gasteiger partial charge in [-0.1, -0.05) is 0 Å². The van der Waals surface area contributed by atoms with E-state index < -0.39 is 0 Å². The summed E-state index contributed by atoms with van der Waals surface area (Å²) in [6.45, 7) is 1.95.